The lowest BCUT2D eigenvalue weighted by atomic mass is 10.1. The molecule has 0 spiro atoms. The Morgan fingerprint density at radius 3 is 2.40 bits per heavy atom. The number of amides is 1. The summed E-state index contributed by atoms with van der Waals surface area (Å²) < 4.78 is 10.2. The average molecular weight is 217 g/mol. The van der Waals surface area contributed by atoms with Crippen LogP contribution >= 0.6 is 0 Å². The van der Waals surface area contributed by atoms with E-state index in [0.29, 0.717) is 19.1 Å². The van der Waals surface area contributed by atoms with Crippen LogP contribution in [0.1, 0.15) is 34.1 Å². The molecule has 4 heteroatoms. The first-order chi connectivity index (χ1) is 7.02. The average Bonchev–Trinajstić information content (AvgIpc) is 2.09. The van der Waals surface area contributed by atoms with Gasteiger partial charge in [-0.2, -0.15) is 0 Å². The van der Waals surface area contributed by atoms with Crippen LogP contribution in [0.5, 0.6) is 0 Å². The summed E-state index contributed by atoms with van der Waals surface area (Å²) in [5.74, 6) is 0.656. The number of hydrogen-bond acceptors (Lipinski definition) is 3. The Labute approximate surface area is 92.3 Å². The van der Waals surface area contributed by atoms with Crippen LogP contribution in [0.2, 0.25) is 0 Å². The lowest BCUT2D eigenvalue weighted by Gasteiger charge is -2.10. The first-order valence-corrected chi connectivity index (χ1v) is 5.54. The molecule has 1 amide bonds. The second kappa shape index (κ2) is 8.53. The number of rotatable bonds is 7. The molecule has 0 aliphatic heterocycles. The van der Waals surface area contributed by atoms with Gasteiger partial charge in [-0.3, -0.25) is 0 Å². The van der Waals surface area contributed by atoms with Gasteiger partial charge in [0.1, 0.15) is 0 Å². The van der Waals surface area contributed by atoms with Crippen LogP contribution in [0.4, 0.5) is 4.79 Å². The molecule has 0 radical (unpaired) electrons. The summed E-state index contributed by atoms with van der Waals surface area (Å²) in [4.78, 5) is 11.0. The molecule has 90 valence electrons. The van der Waals surface area contributed by atoms with Crippen molar-refractivity contribution in [1.82, 2.24) is 5.32 Å². The van der Waals surface area contributed by atoms with Gasteiger partial charge in [-0.05, 0) is 26.2 Å². The Bertz CT molecular complexity index is 169. The minimum atomic E-state index is -0.377. The predicted molar refractivity (Wildman–Crippen MR) is 59.9 cm³/mol. The Balaban J connectivity index is 3.20. The van der Waals surface area contributed by atoms with Gasteiger partial charge in [0.25, 0.3) is 0 Å². The van der Waals surface area contributed by atoms with E-state index in [1.165, 1.54) is 0 Å². The minimum absolute atomic E-state index is 0.0770. The number of carbonyl (C=O) groups excluding carboxylic acids is 1. The molecule has 4 nitrogen and oxygen atoms in total. The molecule has 1 N–H and O–H groups in total. The molecule has 0 saturated carbocycles. The number of alkyl carbamates (subject to hydrolysis) is 1. The number of carbonyl (C=O) groups is 1. The molecule has 0 heterocycles. The molecule has 0 fully saturated rings. The fraction of sp³-hybridized carbons (Fsp3) is 0.909. The maximum atomic E-state index is 11.0. The maximum absolute atomic E-state index is 11.0. The van der Waals surface area contributed by atoms with Crippen LogP contribution in [-0.2, 0) is 9.47 Å². The summed E-state index contributed by atoms with van der Waals surface area (Å²) in [7, 11) is 0. The van der Waals surface area contributed by atoms with E-state index in [1.54, 1.807) is 0 Å². The van der Waals surface area contributed by atoms with Crippen LogP contribution in [-0.4, -0.2) is 32.0 Å². The molecular weight excluding hydrogens is 194 g/mol. The van der Waals surface area contributed by atoms with Crippen LogP contribution in [0.25, 0.3) is 0 Å². The molecule has 0 aliphatic rings. The minimum Gasteiger partial charge on any atom is -0.447 e. The third kappa shape index (κ3) is 11.2. The van der Waals surface area contributed by atoms with Gasteiger partial charge in [-0.1, -0.05) is 13.8 Å². The number of nitrogens with one attached hydrogen (secondary N) is 1. The van der Waals surface area contributed by atoms with E-state index in [9.17, 15) is 4.79 Å². The zero-order valence-electron chi connectivity index (χ0n) is 10.2. The van der Waals surface area contributed by atoms with Crippen molar-refractivity contribution < 1.29 is 14.3 Å². The van der Waals surface area contributed by atoms with Gasteiger partial charge in [-0.15, -0.1) is 0 Å². The monoisotopic (exact) mass is 217 g/mol. The second-order valence-electron chi connectivity index (χ2n) is 4.18. The van der Waals surface area contributed by atoms with Crippen molar-refractivity contribution in [3.63, 3.8) is 0 Å². The quantitative estimate of drug-likeness (QED) is 0.665. The lowest BCUT2D eigenvalue weighted by Crippen LogP contribution is -2.29. The highest BCUT2D eigenvalue weighted by Crippen LogP contribution is 1.98. The molecule has 0 saturated heterocycles. The van der Waals surface area contributed by atoms with Crippen molar-refractivity contribution in [3.8, 4) is 0 Å². The third-order valence-corrected chi connectivity index (χ3v) is 1.70. The fourth-order valence-electron chi connectivity index (χ4n) is 0.902. The molecule has 0 aromatic heterocycles. The summed E-state index contributed by atoms with van der Waals surface area (Å²) in [6.45, 7) is 9.74. The topological polar surface area (TPSA) is 47.6 Å². The lowest BCUT2D eigenvalue weighted by molar-refractivity contribution is 0.102. The van der Waals surface area contributed by atoms with Gasteiger partial charge in [0, 0.05) is 13.2 Å². The second-order valence-corrected chi connectivity index (χ2v) is 4.18. The number of hydrogen-bond donors (Lipinski definition) is 1. The third-order valence-electron chi connectivity index (χ3n) is 1.70. The van der Waals surface area contributed by atoms with Gasteiger partial charge in [-0.25, -0.2) is 4.79 Å². The van der Waals surface area contributed by atoms with Crippen LogP contribution in [0, 0.1) is 5.92 Å². The Kier molecular flexibility index (Phi) is 8.09. The van der Waals surface area contributed by atoms with Crippen LogP contribution in [0.15, 0.2) is 0 Å². The van der Waals surface area contributed by atoms with E-state index in [4.69, 9.17) is 9.47 Å². The van der Waals surface area contributed by atoms with E-state index >= 15 is 0 Å². The van der Waals surface area contributed by atoms with E-state index in [-0.39, 0.29) is 12.2 Å². The van der Waals surface area contributed by atoms with Gasteiger partial charge >= 0.3 is 6.09 Å². The van der Waals surface area contributed by atoms with Crippen LogP contribution < -0.4 is 5.32 Å². The Hall–Kier alpha value is -0.770. The van der Waals surface area contributed by atoms with E-state index in [2.05, 4.69) is 19.2 Å². The molecular formula is C11H23NO3. The molecule has 0 atom stereocenters. The highest BCUT2D eigenvalue weighted by atomic mass is 16.6. The van der Waals surface area contributed by atoms with E-state index in [1.807, 2.05) is 13.8 Å². The molecule has 0 aliphatic carbocycles. The predicted octanol–water partition coefficient (Wildman–Crippen LogP) is 2.18. The molecule has 0 aromatic rings. The highest BCUT2D eigenvalue weighted by Gasteiger charge is 2.02. The maximum Gasteiger partial charge on any atom is 0.407 e. The Morgan fingerprint density at radius 2 is 1.87 bits per heavy atom. The number of ether oxygens (including phenoxy) is 2. The largest absolute Gasteiger partial charge is 0.447 e. The van der Waals surface area contributed by atoms with Crippen molar-refractivity contribution >= 4 is 6.09 Å². The normalized spacial score (nSPS) is 10.8. The molecule has 0 rings (SSSR count). The van der Waals surface area contributed by atoms with Crippen molar-refractivity contribution in [2.45, 2.75) is 40.2 Å². The van der Waals surface area contributed by atoms with E-state index in [0.717, 1.165) is 13.0 Å². The summed E-state index contributed by atoms with van der Waals surface area (Å²) in [5, 5.41) is 2.62. The first kappa shape index (κ1) is 14.2. The van der Waals surface area contributed by atoms with Gasteiger partial charge < -0.3 is 14.8 Å². The Morgan fingerprint density at radius 1 is 1.20 bits per heavy atom. The SMILES string of the molecule is CC(C)CCOCCNC(=O)OC(C)C. The smallest absolute Gasteiger partial charge is 0.407 e. The van der Waals surface area contributed by atoms with Crippen LogP contribution in [0.3, 0.4) is 0 Å². The summed E-state index contributed by atoms with van der Waals surface area (Å²) in [6.07, 6.45) is 0.598. The molecule has 0 aromatic carbocycles. The molecule has 0 bridgehead atoms. The summed E-state index contributed by atoms with van der Waals surface area (Å²) in [6, 6.07) is 0. The summed E-state index contributed by atoms with van der Waals surface area (Å²) in [5.41, 5.74) is 0. The van der Waals surface area contributed by atoms with E-state index < -0.39 is 0 Å². The fourth-order valence-corrected chi connectivity index (χ4v) is 0.902. The van der Waals surface area contributed by atoms with Gasteiger partial charge in [0.2, 0.25) is 0 Å². The molecule has 15 heavy (non-hydrogen) atoms. The standard InChI is InChI=1S/C11H23NO3/c1-9(2)5-7-14-8-6-12-11(13)15-10(3)4/h9-10H,5-8H2,1-4H3,(H,12,13). The van der Waals surface area contributed by atoms with Crippen molar-refractivity contribution in [3.05, 3.63) is 0 Å². The first-order valence-electron chi connectivity index (χ1n) is 5.54. The van der Waals surface area contributed by atoms with Crippen molar-refractivity contribution in [2.75, 3.05) is 19.8 Å². The van der Waals surface area contributed by atoms with Gasteiger partial charge in [0.05, 0.1) is 12.7 Å². The molecule has 0 unspecified atom stereocenters. The summed E-state index contributed by atoms with van der Waals surface area (Å²) >= 11 is 0. The zero-order chi connectivity index (χ0) is 11.7. The van der Waals surface area contributed by atoms with Crippen molar-refractivity contribution in [2.24, 2.45) is 5.92 Å². The highest BCUT2D eigenvalue weighted by molar-refractivity contribution is 5.67. The van der Waals surface area contributed by atoms with Crippen molar-refractivity contribution in [1.29, 1.82) is 0 Å². The van der Waals surface area contributed by atoms with Gasteiger partial charge in [0.15, 0.2) is 0 Å². The zero-order valence-corrected chi connectivity index (χ0v) is 10.2.